The Labute approximate surface area is 166 Å². The lowest BCUT2D eigenvalue weighted by atomic mass is 9.49. The van der Waals surface area contributed by atoms with Gasteiger partial charge in [0.2, 0.25) is 11.8 Å². The van der Waals surface area contributed by atoms with Crippen LogP contribution in [0.2, 0.25) is 0 Å². The molecule has 146 valence electrons. The van der Waals surface area contributed by atoms with Crippen molar-refractivity contribution in [1.29, 1.82) is 0 Å². The Hall–Kier alpha value is -2.36. The molecule has 4 heteroatoms. The molecule has 0 unspecified atom stereocenters. The van der Waals surface area contributed by atoms with E-state index < -0.39 is 6.04 Å². The molecule has 4 fully saturated rings. The second kappa shape index (κ2) is 6.61. The first-order chi connectivity index (χ1) is 13.5. The number of amides is 2. The van der Waals surface area contributed by atoms with E-state index in [1.165, 1.54) is 19.3 Å². The minimum Gasteiger partial charge on any atom is -0.344 e. The minimum absolute atomic E-state index is 0.104. The Morgan fingerprint density at radius 1 is 0.929 bits per heavy atom. The monoisotopic (exact) mass is 376 g/mol. The number of nitrogens with one attached hydrogen (secondary N) is 2. The quantitative estimate of drug-likeness (QED) is 0.825. The zero-order valence-electron chi connectivity index (χ0n) is 16.4. The van der Waals surface area contributed by atoms with Crippen LogP contribution in [-0.4, -0.2) is 17.9 Å². The summed E-state index contributed by atoms with van der Waals surface area (Å²) in [4.78, 5) is 25.8. The second-order valence-electron chi connectivity index (χ2n) is 9.44. The fraction of sp³-hybridized carbons (Fsp3) is 0.500. The summed E-state index contributed by atoms with van der Waals surface area (Å²) in [6.45, 7) is 1.79. The van der Waals surface area contributed by atoms with Gasteiger partial charge in [0.25, 0.3) is 0 Å². The Morgan fingerprint density at radius 2 is 1.54 bits per heavy atom. The van der Waals surface area contributed by atoms with Crippen molar-refractivity contribution in [3.05, 3.63) is 42.5 Å². The van der Waals surface area contributed by atoms with E-state index >= 15 is 0 Å². The number of fused-ring (bicyclic) bond motifs is 1. The number of hydrogen-bond acceptors (Lipinski definition) is 2. The van der Waals surface area contributed by atoms with E-state index in [0.717, 1.165) is 53.5 Å². The molecule has 2 aromatic carbocycles. The average molecular weight is 377 g/mol. The van der Waals surface area contributed by atoms with Gasteiger partial charge in [0.05, 0.1) is 0 Å². The minimum atomic E-state index is -0.535. The van der Waals surface area contributed by atoms with Gasteiger partial charge in [0.1, 0.15) is 6.04 Å². The van der Waals surface area contributed by atoms with Gasteiger partial charge >= 0.3 is 0 Å². The SMILES string of the molecule is C[C@H](NC(=O)C12CC3CC(CC(C3)C1)C2)C(=O)Nc1ccc2ccccc2c1. The van der Waals surface area contributed by atoms with Crippen LogP contribution in [0.25, 0.3) is 10.8 Å². The molecule has 4 saturated carbocycles. The fourth-order valence-corrected chi connectivity index (χ4v) is 6.32. The first kappa shape index (κ1) is 17.7. The van der Waals surface area contributed by atoms with Crippen molar-refractivity contribution in [3.8, 4) is 0 Å². The lowest BCUT2D eigenvalue weighted by molar-refractivity contribution is -0.147. The molecule has 4 aliphatic rings. The summed E-state index contributed by atoms with van der Waals surface area (Å²) in [7, 11) is 0. The summed E-state index contributed by atoms with van der Waals surface area (Å²) < 4.78 is 0. The maximum atomic E-state index is 13.1. The molecule has 0 saturated heterocycles. The molecule has 0 radical (unpaired) electrons. The molecular formula is C24H28N2O2. The number of hydrogen-bond donors (Lipinski definition) is 2. The van der Waals surface area contributed by atoms with Gasteiger partial charge in [-0.3, -0.25) is 9.59 Å². The topological polar surface area (TPSA) is 58.2 Å². The highest BCUT2D eigenvalue weighted by Crippen LogP contribution is 2.60. The molecule has 2 amide bonds. The Balaban J connectivity index is 1.25. The van der Waals surface area contributed by atoms with E-state index in [0.29, 0.717) is 0 Å². The van der Waals surface area contributed by atoms with Crippen LogP contribution in [0.3, 0.4) is 0 Å². The molecule has 0 heterocycles. The molecule has 0 spiro atoms. The lowest BCUT2D eigenvalue weighted by Gasteiger charge is -2.55. The molecule has 4 bridgehead atoms. The van der Waals surface area contributed by atoms with Crippen molar-refractivity contribution in [2.75, 3.05) is 5.32 Å². The third-order valence-corrected chi connectivity index (χ3v) is 7.28. The predicted molar refractivity (Wildman–Crippen MR) is 111 cm³/mol. The highest BCUT2D eigenvalue weighted by atomic mass is 16.2. The Kier molecular flexibility index (Phi) is 4.18. The van der Waals surface area contributed by atoms with E-state index in [1.54, 1.807) is 6.92 Å². The average Bonchev–Trinajstić information content (AvgIpc) is 2.66. The molecule has 2 aromatic rings. The molecule has 1 atom stereocenters. The zero-order valence-corrected chi connectivity index (χ0v) is 16.4. The summed E-state index contributed by atoms with van der Waals surface area (Å²) in [6.07, 6.45) is 6.98. The molecule has 28 heavy (non-hydrogen) atoms. The van der Waals surface area contributed by atoms with Gasteiger partial charge < -0.3 is 10.6 Å². The highest BCUT2D eigenvalue weighted by molar-refractivity contribution is 5.99. The van der Waals surface area contributed by atoms with E-state index in [-0.39, 0.29) is 17.2 Å². The van der Waals surface area contributed by atoms with E-state index in [2.05, 4.69) is 16.7 Å². The van der Waals surface area contributed by atoms with Crippen molar-refractivity contribution in [2.24, 2.45) is 23.2 Å². The third kappa shape index (κ3) is 3.09. The van der Waals surface area contributed by atoms with E-state index in [4.69, 9.17) is 0 Å². The first-order valence-electron chi connectivity index (χ1n) is 10.6. The van der Waals surface area contributed by atoms with E-state index in [1.807, 2.05) is 36.4 Å². The van der Waals surface area contributed by atoms with Crippen LogP contribution in [0.15, 0.2) is 42.5 Å². The van der Waals surface area contributed by atoms with Crippen LogP contribution < -0.4 is 10.6 Å². The van der Waals surface area contributed by atoms with Crippen molar-refractivity contribution in [1.82, 2.24) is 5.32 Å². The molecule has 2 N–H and O–H groups in total. The molecule has 6 rings (SSSR count). The fourth-order valence-electron chi connectivity index (χ4n) is 6.32. The van der Waals surface area contributed by atoms with Gasteiger partial charge in [-0.15, -0.1) is 0 Å². The summed E-state index contributed by atoms with van der Waals surface area (Å²) >= 11 is 0. The van der Waals surface area contributed by atoms with Gasteiger partial charge in [0.15, 0.2) is 0 Å². The Morgan fingerprint density at radius 3 is 2.18 bits per heavy atom. The van der Waals surface area contributed by atoms with Crippen LogP contribution in [0.4, 0.5) is 5.69 Å². The van der Waals surface area contributed by atoms with Crippen LogP contribution in [0, 0.1) is 23.2 Å². The number of carbonyl (C=O) groups is 2. The summed E-state index contributed by atoms with van der Waals surface area (Å²) in [5.41, 5.74) is 0.547. The summed E-state index contributed by atoms with van der Waals surface area (Å²) in [6, 6.07) is 13.4. The van der Waals surface area contributed by atoms with Crippen LogP contribution >= 0.6 is 0 Å². The number of benzene rings is 2. The Bertz CT molecular complexity index is 900. The standard InChI is InChI=1S/C24H28N2O2/c1-15(22(27)26-21-7-6-19-4-2-3-5-20(19)11-21)25-23(28)24-12-16-8-17(13-24)10-18(9-16)14-24/h2-7,11,15-18H,8-10,12-14H2,1H3,(H,25,28)(H,26,27)/t15-,16?,17?,18?,24?/m0/s1. The van der Waals surface area contributed by atoms with Crippen molar-refractivity contribution < 1.29 is 9.59 Å². The molecule has 0 aliphatic heterocycles. The first-order valence-corrected chi connectivity index (χ1v) is 10.6. The van der Waals surface area contributed by atoms with E-state index in [9.17, 15) is 9.59 Å². The van der Waals surface area contributed by atoms with Gasteiger partial charge in [-0.2, -0.15) is 0 Å². The van der Waals surface area contributed by atoms with Crippen LogP contribution in [-0.2, 0) is 9.59 Å². The van der Waals surface area contributed by atoms with Crippen LogP contribution in [0.5, 0.6) is 0 Å². The highest BCUT2D eigenvalue weighted by Gasteiger charge is 2.54. The number of rotatable bonds is 4. The van der Waals surface area contributed by atoms with Crippen molar-refractivity contribution in [2.45, 2.75) is 51.5 Å². The predicted octanol–water partition coefficient (Wildman–Crippen LogP) is 4.50. The van der Waals surface area contributed by atoms with Crippen molar-refractivity contribution >= 4 is 28.3 Å². The third-order valence-electron chi connectivity index (χ3n) is 7.28. The van der Waals surface area contributed by atoms with Gasteiger partial charge in [-0.1, -0.05) is 30.3 Å². The normalized spacial score (nSPS) is 31.5. The summed E-state index contributed by atoms with van der Waals surface area (Å²) in [5, 5.41) is 8.23. The second-order valence-corrected chi connectivity index (χ2v) is 9.44. The van der Waals surface area contributed by atoms with Gasteiger partial charge in [-0.05, 0) is 86.1 Å². The molecular weight excluding hydrogens is 348 g/mol. The molecule has 4 aliphatic carbocycles. The van der Waals surface area contributed by atoms with Gasteiger partial charge in [-0.25, -0.2) is 0 Å². The maximum Gasteiger partial charge on any atom is 0.246 e. The van der Waals surface area contributed by atoms with Gasteiger partial charge in [0, 0.05) is 11.1 Å². The largest absolute Gasteiger partial charge is 0.344 e. The smallest absolute Gasteiger partial charge is 0.246 e. The van der Waals surface area contributed by atoms with Crippen molar-refractivity contribution in [3.63, 3.8) is 0 Å². The molecule has 0 aromatic heterocycles. The summed E-state index contributed by atoms with van der Waals surface area (Å²) in [5.74, 6) is 2.11. The van der Waals surface area contributed by atoms with Crippen LogP contribution in [0.1, 0.15) is 45.4 Å². The lowest BCUT2D eigenvalue weighted by Crippen LogP contribution is -2.56. The number of carbonyl (C=O) groups excluding carboxylic acids is 2. The molecule has 4 nitrogen and oxygen atoms in total. The number of anilines is 1. The zero-order chi connectivity index (χ0) is 19.3. The maximum absolute atomic E-state index is 13.1.